The predicted octanol–water partition coefficient (Wildman–Crippen LogP) is 1.09. The fourth-order valence-corrected chi connectivity index (χ4v) is 3.73. The van der Waals surface area contributed by atoms with Crippen LogP contribution < -0.4 is 15.4 Å². The van der Waals surface area contributed by atoms with Crippen LogP contribution in [0.25, 0.3) is 0 Å². The van der Waals surface area contributed by atoms with Crippen LogP contribution in [-0.2, 0) is 26.1 Å². The highest BCUT2D eigenvalue weighted by atomic mass is 32.2. The van der Waals surface area contributed by atoms with E-state index in [1.54, 1.807) is 42.5 Å². The molecule has 1 aliphatic rings. The molecule has 26 heavy (non-hydrogen) atoms. The first-order chi connectivity index (χ1) is 12.6. The molecule has 7 nitrogen and oxygen atoms in total. The van der Waals surface area contributed by atoms with Gasteiger partial charge in [-0.2, -0.15) is 0 Å². The topological polar surface area (TPSA) is 96.5 Å². The van der Waals surface area contributed by atoms with Crippen LogP contribution in [-0.4, -0.2) is 40.1 Å². The Labute approximate surface area is 152 Å². The summed E-state index contributed by atoms with van der Waals surface area (Å²) in [6.07, 6.45) is -0.531. The molecule has 2 aromatic carbocycles. The van der Waals surface area contributed by atoms with Gasteiger partial charge in [0.25, 0.3) is 15.9 Å². The summed E-state index contributed by atoms with van der Waals surface area (Å²) in [4.78, 5) is 12.4. The van der Waals surface area contributed by atoms with Crippen molar-refractivity contribution in [2.24, 2.45) is 0 Å². The maximum absolute atomic E-state index is 12.5. The minimum absolute atomic E-state index is 0.181. The van der Waals surface area contributed by atoms with Gasteiger partial charge in [0.05, 0.1) is 17.2 Å². The summed E-state index contributed by atoms with van der Waals surface area (Å²) in [5, 5.41) is 5.89. The Morgan fingerprint density at radius 1 is 1.12 bits per heavy atom. The lowest BCUT2D eigenvalue weighted by Gasteiger charge is -2.23. The number of sulfonamides is 1. The highest BCUT2D eigenvalue weighted by molar-refractivity contribution is 7.92. The number of rotatable bonds is 6. The van der Waals surface area contributed by atoms with Gasteiger partial charge in [-0.25, -0.2) is 8.42 Å². The van der Waals surface area contributed by atoms with Crippen LogP contribution in [0.4, 0.5) is 5.69 Å². The van der Waals surface area contributed by atoms with E-state index in [4.69, 9.17) is 4.74 Å². The molecule has 0 radical (unpaired) electrons. The Morgan fingerprint density at radius 2 is 1.85 bits per heavy atom. The van der Waals surface area contributed by atoms with Gasteiger partial charge < -0.3 is 15.4 Å². The minimum atomic E-state index is -3.69. The molecule has 3 N–H and O–H groups in total. The zero-order chi connectivity index (χ0) is 18.4. The molecule has 2 aromatic rings. The first kappa shape index (κ1) is 18.4. The number of hydrogen-bond donors (Lipinski definition) is 3. The molecule has 0 aromatic heterocycles. The number of nitrogens with one attached hydrogen (secondary N) is 3. The summed E-state index contributed by atoms with van der Waals surface area (Å²) in [6, 6.07) is 15.1. The van der Waals surface area contributed by atoms with E-state index < -0.39 is 16.1 Å². The molecule has 0 saturated carbocycles. The molecule has 1 unspecified atom stereocenters. The van der Waals surface area contributed by atoms with Crippen LogP contribution in [0.2, 0.25) is 0 Å². The Hall–Kier alpha value is -2.42. The summed E-state index contributed by atoms with van der Waals surface area (Å²) in [6.45, 7) is 1.89. The monoisotopic (exact) mass is 375 g/mol. The molecular weight excluding hydrogens is 354 g/mol. The van der Waals surface area contributed by atoms with E-state index >= 15 is 0 Å². The molecule has 1 heterocycles. The van der Waals surface area contributed by atoms with E-state index in [0.29, 0.717) is 24.4 Å². The molecule has 0 spiro atoms. The Kier molecular flexibility index (Phi) is 5.87. The fourth-order valence-electron chi connectivity index (χ4n) is 2.61. The summed E-state index contributed by atoms with van der Waals surface area (Å²) < 4.78 is 33.0. The SMILES string of the molecule is O=C(NCc1ccccc1NS(=O)(=O)c1ccccc1)C1CNCCO1. The van der Waals surface area contributed by atoms with E-state index in [2.05, 4.69) is 15.4 Å². The molecule has 0 aliphatic carbocycles. The Balaban J connectivity index is 1.69. The van der Waals surface area contributed by atoms with Crippen molar-refractivity contribution in [1.82, 2.24) is 10.6 Å². The van der Waals surface area contributed by atoms with Crippen LogP contribution in [0.1, 0.15) is 5.56 Å². The second-order valence-corrected chi connectivity index (χ2v) is 7.54. The Bertz CT molecular complexity index is 850. The summed E-state index contributed by atoms with van der Waals surface area (Å²) in [7, 11) is -3.69. The lowest BCUT2D eigenvalue weighted by Crippen LogP contribution is -2.47. The van der Waals surface area contributed by atoms with Crippen LogP contribution in [0.15, 0.2) is 59.5 Å². The van der Waals surface area contributed by atoms with E-state index in [9.17, 15) is 13.2 Å². The highest BCUT2D eigenvalue weighted by Gasteiger charge is 2.22. The van der Waals surface area contributed by atoms with Gasteiger partial charge in [-0.15, -0.1) is 0 Å². The number of morpholine rings is 1. The quantitative estimate of drug-likeness (QED) is 0.702. The van der Waals surface area contributed by atoms with Gasteiger partial charge in [0.15, 0.2) is 0 Å². The van der Waals surface area contributed by atoms with Gasteiger partial charge in [0.1, 0.15) is 6.10 Å². The number of hydrogen-bond acceptors (Lipinski definition) is 5. The molecular formula is C18H21N3O4S. The van der Waals surface area contributed by atoms with Crippen LogP contribution in [0, 0.1) is 0 Å². The summed E-state index contributed by atoms with van der Waals surface area (Å²) in [5.41, 5.74) is 1.10. The summed E-state index contributed by atoms with van der Waals surface area (Å²) >= 11 is 0. The molecule has 1 saturated heterocycles. The minimum Gasteiger partial charge on any atom is -0.366 e. The van der Waals surface area contributed by atoms with Crippen molar-refractivity contribution in [3.8, 4) is 0 Å². The molecule has 1 fully saturated rings. The molecule has 1 aliphatic heterocycles. The maximum Gasteiger partial charge on any atom is 0.261 e. The van der Waals surface area contributed by atoms with Gasteiger partial charge in [0.2, 0.25) is 0 Å². The predicted molar refractivity (Wildman–Crippen MR) is 98.1 cm³/mol. The normalized spacial score (nSPS) is 17.5. The van der Waals surface area contributed by atoms with Crippen molar-refractivity contribution in [3.05, 3.63) is 60.2 Å². The second-order valence-electron chi connectivity index (χ2n) is 5.86. The number of carbonyl (C=O) groups excluding carboxylic acids is 1. The van der Waals surface area contributed by atoms with E-state index in [1.807, 2.05) is 0 Å². The largest absolute Gasteiger partial charge is 0.366 e. The number of para-hydroxylation sites is 1. The van der Waals surface area contributed by atoms with Crippen molar-refractivity contribution < 1.29 is 17.9 Å². The van der Waals surface area contributed by atoms with Crippen molar-refractivity contribution >= 4 is 21.6 Å². The van der Waals surface area contributed by atoms with Gasteiger partial charge in [-0.05, 0) is 23.8 Å². The van der Waals surface area contributed by atoms with Gasteiger partial charge >= 0.3 is 0 Å². The maximum atomic E-state index is 12.5. The zero-order valence-electron chi connectivity index (χ0n) is 14.1. The third-order valence-electron chi connectivity index (χ3n) is 3.99. The van der Waals surface area contributed by atoms with Gasteiger partial charge in [-0.3, -0.25) is 9.52 Å². The van der Waals surface area contributed by atoms with Crippen LogP contribution in [0.5, 0.6) is 0 Å². The smallest absolute Gasteiger partial charge is 0.261 e. The molecule has 8 heteroatoms. The average molecular weight is 375 g/mol. The molecule has 138 valence electrons. The fraction of sp³-hybridized carbons (Fsp3) is 0.278. The molecule has 1 amide bonds. The van der Waals surface area contributed by atoms with Crippen LogP contribution in [0.3, 0.4) is 0 Å². The van der Waals surface area contributed by atoms with Gasteiger partial charge in [-0.1, -0.05) is 36.4 Å². The van der Waals surface area contributed by atoms with Crippen LogP contribution >= 0.6 is 0 Å². The Morgan fingerprint density at radius 3 is 2.58 bits per heavy atom. The zero-order valence-corrected chi connectivity index (χ0v) is 15.0. The van der Waals surface area contributed by atoms with E-state index in [1.165, 1.54) is 12.1 Å². The van der Waals surface area contributed by atoms with Crippen molar-refractivity contribution in [1.29, 1.82) is 0 Å². The molecule has 1 atom stereocenters. The lowest BCUT2D eigenvalue weighted by molar-refractivity contribution is -0.134. The lowest BCUT2D eigenvalue weighted by atomic mass is 10.2. The first-order valence-corrected chi connectivity index (χ1v) is 9.80. The van der Waals surface area contributed by atoms with E-state index in [-0.39, 0.29) is 17.3 Å². The second kappa shape index (κ2) is 8.31. The standard InChI is InChI=1S/C18H21N3O4S/c22-18(17-13-19-10-11-25-17)20-12-14-6-4-5-9-16(14)21-26(23,24)15-7-2-1-3-8-15/h1-9,17,19,21H,10-13H2,(H,20,22). The van der Waals surface area contributed by atoms with Crippen molar-refractivity contribution in [3.63, 3.8) is 0 Å². The number of amides is 1. The molecule has 3 rings (SSSR count). The van der Waals surface area contributed by atoms with Gasteiger partial charge in [0, 0.05) is 19.6 Å². The summed E-state index contributed by atoms with van der Waals surface area (Å²) in [5.74, 6) is -0.224. The highest BCUT2D eigenvalue weighted by Crippen LogP contribution is 2.20. The number of anilines is 1. The van der Waals surface area contributed by atoms with Crippen molar-refractivity contribution in [2.75, 3.05) is 24.4 Å². The third kappa shape index (κ3) is 4.60. The third-order valence-corrected chi connectivity index (χ3v) is 5.37. The first-order valence-electron chi connectivity index (χ1n) is 8.32. The number of ether oxygens (including phenoxy) is 1. The van der Waals surface area contributed by atoms with E-state index in [0.717, 1.165) is 6.54 Å². The van der Waals surface area contributed by atoms with Crippen molar-refractivity contribution in [2.45, 2.75) is 17.5 Å². The number of carbonyl (C=O) groups is 1. The average Bonchev–Trinajstić information content (AvgIpc) is 2.68. The molecule has 0 bridgehead atoms. The number of benzene rings is 2.